The Bertz CT molecular complexity index is 844. The zero-order valence-electron chi connectivity index (χ0n) is 15.7. The summed E-state index contributed by atoms with van der Waals surface area (Å²) in [6, 6.07) is 17.8. The molecule has 0 aliphatic heterocycles. The van der Waals surface area contributed by atoms with Crippen LogP contribution in [0.4, 0.5) is 11.4 Å². The van der Waals surface area contributed by atoms with Gasteiger partial charge in [-0.2, -0.15) is 0 Å². The Morgan fingerprint density at radius 3 is 2.59 bits per heavy atom. The molecule has 4 rings (SSSR count). The highest BCUT2D eigenvalue weighted by Crippen LogP contribution is 2.50. The van der Waals surface area contributed by atoms with Crippen LogP contribution < -0.4 is 5.32 Å². The van der Waals surface area contributed by atoms with E-state index in [1.165, 1.54) is 5.57 Å². The zero-order chi connectivity index (χ0) is 18.9. The van der Waals surface area contributed by atoms with Crippen LogP contribution in [0, 0.1) is 11.3 Å². The summed E-state index contributed by atoms with van der Waals surface area (Å²) in [4.78, 5) is 13.0. The summed E-state index contributed by atoms with van der Waals surface area (Å²) >= 11 is 0. The molecule has 1 fully saturated rings. The fraction of sp³-hybridized carbons (Fsp3) is 0.348. The van der Waals surface area contributed by atoms with E-state index in [1.54, 1.807) is 0 Å². The van der Waals surface area contributed by atoms with Crippen LogP contribution in [-0.2, 0) is 11.3 Å². The normalized spacial score (nSPS) is 23.6. The van der Waals surface area contributed by atoms with Gasteiger partial charge in [0.2, 0.25) is 0 Å². The number of allylic oxidation sites excluding steroid dienone is 2. The van der Waals surface area contributed by atoms with Gasteiger partial charge in [-0.25, -0.2) is 5.06 Å². The average molecular weight is 362 g/mol. The Kier molecular flexibility index (Phi) is 4.75. The first-order valence-electron chi connectivity index (χ1n) is 9.64. The number of nitrogens with one attached hydrogen (secondary N) is 1. The van der Waals surface area contributed by atoms with Crippen LogP contribution in [0.3, 0.4) is 0 Å². The summed E-state index contributed by atoms with van der Waals surface area (Å²) in [5.41, 5.74) is 3.88. The first kappa shape index (κ1) is 17.8. The van der Waals surface area contributed by atoms with Crippen LogP contribution >= 0.6 is 0 Å². The van der Waals surface area contributed by atoms with Crippen molar-refractivity contribution in [2.24, 2.45) is 11.3 Å². The predicted octanol–water partition coefficient (Wildman–Crippen LogP) is 5.28. The third-order valence-corrected chi connectivity index (χ3v) is 5.73. The number of benzene rings is 2. The minimum absolute atomic E-state index is 0.133. The summed E-state index contributed by atoms with van der Waals surface area (Å²) in [7, 11) is 0. The number of rotatable bonds is 5. The van der Waals surface area contributed by atoms with Crippen molar-refractivity contribution in [1.82, 2.24) is 5.06 Å². The van der Waals surface area contributed by atoms with Gasteiger partial charge in [-0.15, -0.1) is 0 Å². The Hall–Kier alpha value is -2.59. The molecular formula is C23H26N2O2. The summed E-state index contributed by atoms with van der Waals surface area (Å²) < 4.78 is 0. The number of hydrogen-bond acceptors (Lipinski definition) is 3. The van der Waals surface area contributed by atoms with Gasteiger partial charge in [0, 0.05) is 11.4 Å². The Labute approximate surface area is 160 Å². The first-order valence-corrected chi connectivity index (χ1v) is 9.64. The van der Waals surface area contributed by atoms with Gasteiger partial charge in [0.05, 0.1) is 12.0 Å². The van der Waals surface area contributed by atoms with Crippen molar-refractivity contribution < 1.29 is 10.0 Å². The SMILES string of the molecule is CC1CC2=CCC(C(=O)N(O)Cc3ccc(Nc4ccccc4)cc3)(C2)C1. The van der Waals surface area contributed by atoms with Crippen LogP contribution in [0.15, 0.2) is 66.2 Å². The number of carbonyl (C=O) groups excluding carboxylic acids is 1. The summed E-state index contributed by atoms with van der Waals surface area (Å²) in [5, 5.41) is 14.7. The highest BCUT2D eigenvalue weighted by molar-refractivity contribution is 5.83. The van der Waals surface area contributed by atoms with E-state index in [0.717, 1.165) is 47.7 Å². The van der Waals surface area contributed by atoms with Crippen LogP contribution in [0.25, 0.3) is 0 Å². The predicted molar refractivity (Wildman–Crippen MR) is 107 cm³/mol. The quantitative estimate of drug-likeness (QED) is 0.432. The van der Waals surface area contributed by atoms with Crippen molar-refractivity contribution in [2.75, 3.05) is 5.32 Å². The number of hydroxylamine groups is 2. The second-order valence-electron chi connectivity index (χ2n) is 8.09. The summed E-state index contributed by atoms with van der Waals surface area (Å²) in [5.74, 6) is 0.375. The highest BCUT2D eigenvalue weighted by Gasteiger charge is 2.47. The first-order chi connectivity index (χ1) is 13.0. The molecule has 0 radical (unpaired) electrons. The number of hydrogen-bond donors (Lipinski definition) is 2. The van der Waals surface area contributed by atoms with E-state index >= 15 is 0 Å². The molecule has 27 heavy (non-hydrogen) atoms. The summed E-state index contributed by atoms with van der Waals surface area (Å²) in [6.45, 7) is 2.41. The third-order valence-electron chi connectivity index (χ3n) is 5.73. The third kappa shape index (κ3) is 3.76. The molecule has 2 unspecified atom stereocenters. The van der Waals surface area contributed by atoms with E-state index in [2.05, 4.69) is 18.3 Å². The lowest BCUT2D eigenvalue weighted by Crippen LogP contribution is -2.43. The Morgan fingerprint density at radius 1 is 1.15 bits per heavy atom. The maximum Gasteiger partial charge on any atom is 0.253 e. The number of anilines is 2. The van der Waals surface area contributed by atoms with E-state index in [0.29, 0.717) is 5.92 Å². The van der Waals surface area contributed by atoms with Crippen LogP contribution in [-0.4, -0.2) is 16.2 Å². The molecule has 2 aromatic rings. The smallest absolute Gasteiger partial charge is 0.253 e. The van der Waals surface area contributed by atoms with E-state index in [4.69, 9.17) is 0 Å². The van der Waals surface area contributed by atoms with Gasteiger partial charge >= 0.3 is 0 Å². The molecule has 2 aromatic carbocycles. The molecule has 2 N–H and O–H groups in total. The number of fused-ring (bicyclic) bond motifs is 2. The van der Waals surface area contributed by atoms with Crippen molar-refractivity contribution in [1.29, 1.82) is 0 Å². The Morgan fingerprint density at radius 2 is 1.85 bits per heavy atom. The molecular weight excluding hydrogens is 336 g/mol. The van der Waals surface area contributed by atoms with Crippen LogP contribution in [0.5, 0.6) is 0 Å². The Balaban J connectivity index is 1.39. The average Bonchev–Trinajstić information content (AvgIpc) is 2.99. The van der Waals surface area contributed by atoms with Crippen molar-refractivity contribution in [3.05, 3.63) is 71.8 Å². The number of para-hydroxylation sites is 1. The van der Waals surface area contributed by atoms with Gasteiger partial charge in [-0.1, -0.05) is 48.9 Å². The van der Waals surface area contributed by atoms with Crippen LogP contribution in [0.2, 0.25) is 0 Å². The molecule has 1 saturated carbocycles. The highest BCUT2D eigenvalue weighted by atomic mass is 16.5. The van der Waals surface area contributed by atoms with Gasteiger partial charge in [-0.05, 0) is 61.4 Å². The van der Waals surface area contributed by atoms with Gasteiger partial charge in [0.1, 0.15) is 0 Å². The molecule has 2 aliphatic carbocycles. The topological polar surface area (TPSA) is 52.6 Å². The molecule has 0 spiro atoms. The maximum absolute atomic E-state index is 13.0. The fourth-order valence-electron chi connectivity index (χ4n) is 4.57. The lowest BCUT2D eigenvalue weighted by Gasteiger charge is -2.36. The molecule has 4 nitrogen and oxygen atoms in total. The molecule has 0 heterocycles. The van der Waals surface area contributed by atoms with E-state index in [1.807, 2.05) is 54.6 Å². The summed E-state index contributed by atoms with van der Waals surface area (Å²) in [6.07, 6.45) is 5.74. The molecule has 1 amide bonds. The van der Waals surface area contributed by atoms with Gasteiger partial charge in [-0.3, -0.25) is 10.0 Å². The number of amides is 1. The molecule has 140 valence electrons. The standard InChI is InChI=1S/C23H26N2O2/c1-17-13-19-11-12-23(14-17,15-19)22(26)25(27)16-18-7-9-21(10-8-18)24-20-5-3-2-4-6-20/h2-11,17,24,27H,12-16H2,1H3. The second kappa shape index (κ2) is 7.20. The molecule has 0 aromatic heterocycles. The molecule has 2 aliphatic rings. The van der Waals surface area contributed by atoms with E-state index in [9.17, 15) is 10.0 Å². The largest absolute Gasteiger partial charge is 0.356 e. The fourth-order valence-corrected chi connectivity index (χ4v) is 4.57. The van der Waals surface area contributed by atoms with E-state index in [-0.39, 0.29) is 12.5 Å². The van der Waals surface area contributed by atoms with Crippen molar-refractivity contribution in [2.45, 2.75) is 39.2 Å². The number of nitrogens with zero attached hydrogens (tertiary/aromatic N) is 1. The van der Waals surface area contributed by atoms with Crippen molar-refractivity contribution in [3.8, 4) is 0 Å². The lowest BCUT2D eigenvalue weighted by atomic mass is 9.70. The minimum Gasteiger partial charge on any atom is -0.356 e. The monoisotopic (exact) mass is 362 g/mol. The molecule has 0 saturated heterocycles. The second-order valence-corrected chi connectivity index (χ2v) is 8.09. The van der Waals surface area contributed by atoms with E-state index < -0.39 is 5.41 Å². The zero-order valence-corrected chi connectivity index (χ0v) is 15.7. The maximum atomic E-state index is 13.0. The van der Waals surface area contributed by atoms with Crippen molar-refractivity contribution >= 4 is 17.3 Å². The molecule has 2 bridgehead atoms. The van der Waals surface area contributed by atoms with Gasteiger partial charge < -0.3 is 5.32 Å². The minimum atomic E-state index is -0.420. The van der Waals surface area contributed by atoms with Gasteiger partial charge in [0.25, 0.3) is 5.91 Å². The lowest BCUT2D eigenvalue weighted by molar-refractivity contribution is -0.181. The van der Waals surface area contributed by atoms with Gasteiger partial charge in [0.15, 0.2) is 0 Å². The van der Waals surface area contributed by atoms with Crippen LogP contribution in [0.1, 0.15) is 38.2 Å². The van der Waals surface area contributed by atoms with Crippen molar-refractivity contribution in [3.63, 3.8) is 0 Å². The molecule has 4 heteroatoms. The molecule has 2 atom stereocenters. The number of carbonyl (C=O) groups is 1.